The van der Waals surface area contributed by atoms with E-state index in [0.29, 0.717) is 0 Å². The zero-order valence-electron chi connectivity index (χ0n) is 8.17. The molecule has 0 unspecified atom stereocenters. The van der Waals surface area contributed by atoms with Crippen molar-refractivity contribution in [1.29, 1.82) is 0 Å². The van der Waals surface area contributed by atoms with Crippen molar-refractivity contribution in [1.82, 2.24) is 0 Å². The molecule has 1 aromatic rings. The lowest BCUT2D eigenvalue weighted by atomic mass is 10.2. The summed E-state index contributed by atoms with van der Waals surface area (Å²) < 4.78 is 4.81. The van der Waals surface area contributed by atoms with Gasteiger partial charge in [0.1, 0.15) is 6.61 Å². The van der Waals surface area contributed by atoms with E-state index in [-0.39, 0.29) is 12.3 Å². The average Bonchev–Trinajstić information content (AvgIpc) is 2.26. The molecule has 5 heteroatoms. The van der Waals surface area contributed by atoms with Crippen LogP contribution >= 0.6 is 0 Å². The molecule has 0 atom stereocenters. The summed E-state index contributed by atoms with van der Waals surface area (Å²) in [4.78, 5) is 20.6. The second kappa shape index (κ2) is 5.09. The van der Waals surface area contributed by atoms with Crippen molar-refractivity contribution >= 4 is 11.7 Å². The van der Waals surface area contributed by atoms with Crippen LogP contribution in [0.4, 0.5) is 5.69 Å². The molecule has 0 aliphatic rings. The van der Waals surface area contributed by atoms with Crippen LogP contribution in [-0.4, -0.2) is 10.9 Å². The van der Waals surface area contributed by atoms with Gasteiger partial charge in [0.15, 0.2) is 0 Å². The van der Waals surface area contributed by atoms with E-state index in [1.165, 1.54) is 18.6 Å². The summed E-state index contributed by atoms with van der Waals surface area (Å²) in [5.74, 6) is -0.409. The zero-order valence-corrected chi connectivity index (χ0v) is 8.17. The van der Waals surface area contributed by atoms with Crippen LogP contribution in [-0.2, 0) is 16.1 Å². The van der Waals surface area contributed by atoms with Gasteiger partial charge < -0.3 is 4.74 Å². The average molecular weight is 208 g/mol. The maximum atomic E-state index is 10.8. The fourth-order valence-electron chi connectivity index (χ4n) is 0.952. The van der Waals surface area contributed by atoms with Gasteiger partial charge in [-0.15, -0.1) is 0 Å². The molecular weight excluding hydrogens is 198 g/mol. The number of carbonyl (C=O) groups excluding carboxylic acids is 1. The highest BCUT2D eigenvalue weighted by molar-refractivity contribution is 5.78. The molecule has 0 bridgehead atoms. The molecule has 0 amide bonds. The molecule has 0 saturated carbocycles. The van der Waals surface area contributed by atoms with E-state index in [1.807, 2.05) is 0 Å². The first-order valence-electron chi connectivity index (χ1n) is 4.33. The summed E-state index contributed by atoms with van der Waals surface area (Å²) in [7, 11) is 0. The van der Waals surface area contributed by atoms with Gasteiger partial charge in [-0.1, -0.05) is 6.92 Å². The van der Waals surface area contributed by atoms with Gasteiger partial charge in [-0.3, -0.25) is 14.9 Å². The minimum absolute atomic E-state index is 0.0205. The molecule has 0 saturated heterocycles. The van der Waals surface area contributed by atoms with E-state index in [0.717, 1.165) is 5.56 Å². The number of carbonyl (C=O) groups is 1. The van der Waals surface area contributed by atoms with Crippen molar-refractivity contribution in [2.24, 2.45) is 0 Å². The van der Waals surface area contributed by atoms with Gasteiger partial charge in [0.25, 0.3) is 5.69 Å². The number of nitro groups is 1. The zero-order chi connectivity index (χ0) is 11.3. The second-order valence-corrected chi connectivity index (χ2v) is 2.82. The lowest BCUT2D eigenvalue weighted by Gasteiger charge is -2.02. The Bertz CT molecular complexity index is 358. The molecule has 1 rings (SSSR count). The fourth-order valence-corrected chi connectivity index (χ4v) is 0.952. The molecule has 0 aliphatic heterocycles. The summed E-state index contributed by atoms with van der Waals surface area (Å²) in [6.45, 7) is 1.71. The van der Waals surface area contributed by atoms with Crippen LogP contribution in [0.1, 0.15) is 12.5 Å². The predicted octanol–water partition coefficient (Wildman–Crippen LogP) is 1.86. The van der Waals surface area contributed by atoms with Gasteiger partial charge in [0, 0.05) is 12.1 Å². The Hall–Kier alpha value is -1.91. The minimum atomic E-state index is -0.477. The van der Waals surface area contributed by atoms with E-state index in [1.54, 1.807) is 19.1 Å². The van der Waals surface area contributed by atoms with Gasteiger partial charge in [0.05, 0.1) is 11.3 Å². The van der Waals surface area contributed by atoms with Crippen molar-refractivity contribution in [3.8, 4) is 0 Å². The van der Waals surface area contributed by atoms with Crippen molar-refractivity contribution < 1.29 is 14.5 Å². The third-order valence-electron chi connectivity index (χ3n) is 1.76. The first-order valence-corrected chi connectivity index (χ1v) is 4.33. The van der Waals surface area contributed by atoms with E-state index in [4.69, 9.17) is 4.74 Å². The number of esters is 1. The molecule has 0 aliphatic carbocycles. The Morgan fingerprint density at radius 1 is 1.47 bits per heavy atom. The second-order valence-electron chi connectivity index (χ2n) is 2.82. The number of non-ortho nitro benzene ring substituents is 1. The lowest BCUT2D eigenvalue weighted by Crippen LogP contribution is -2.02. The van der Waals surface area contributed by atoms with Crippen LogP contribution in [0.3, 0.4) is 0 Å². The number of ether oxygens (including phenoxy) is 1. The molecule has 5 nitrogen and oxygen atoms in total. The number of nitro benzene ring substituents is 1. The molecule has 79 valence electrons. The van der Waals surface area contributed by atoms with Gasteiger partial charge in [0.2, 0.25) is 0 Å². The van der Waals surface area contributed by atoms with Crippen LogP contribution in [0.5, 0.6) is 0 Å². The minimum Gasteiger partial charge on any atom is -0.461 e. The molecule has 0 heterocycles. The number of hydrogen-bond acceptors (Lipinski definition) is 4. The number of rotatable bonds is 4. The third kappa shape index (κ3) is 3.38. The quantitative estimate of drug-likeness (QED) is 0.430. The number of benzene rings is 1. The standard InChI is InChI=1S/C10H10NO4/c1-2-10(12)15-7-8-3-5-9(6-4-8)11(13)14/h2-6H,7H2,1H3. The van der Waals surface area contributed by atoms with Gasteiger partial charge in [-0.05, 0) is 17.7 Å². The molecule has 15 heavy (non-hydrogen) atoms. The summed E-state index contributed by atoms with van der Waals surface area (Å²) in [6, 6.07) is 5.86. The Morgan fingerprint density at radius 2 is 2.07 bits per heavy atom. The first-order chi connectivity index (χ1) is 7.13. The summed E-state index contributed by atoms with van der Waals surface area (Å²) in [5, 5.41) is 10.3. The Kier molecular flexibility index (Phi) is 3.79. The summed E-state index contributed by atoms with van der Waals surface area (Å²) in [6.07, 6.45) is 1.31. The van der Waals surface area contributed by atoms with E-state index in [2.05, 4.69) is 0 Å². The first kappa shape index (κ1) is 11.2. The molecule has 0 aromatic heterocycles. The molecular formula is C10H10NO4. The van der Waals surface area contributed by atoms with Crippen LogP contribution in [0.2, 0.25) is 0 Å². The third-order valence-corrected chi connectivity index (χ3v) is 1.76. The Labute approximate surface area is 86.8 Å². The largest absolute Gasteiger partial charge is 0.461 e. The Morgan fingerprint density at radius 3 is 2.53 bits per heavy atom. The highest BCUT2D eigenvalue weighted by Gasteiger charge is 2.05. The van der Waals surface area contributed by atoms with Crippen LogP contribution < -0.4 is 0 Å². The topological polar surface area (TPSA) is 69.4 Å². The lowest BCUT2D eigenvalue weighted by molar-refractivity contribution is -0.384. The van der Waals surface area contributed by atoms with E-state index < -0.39 is 10.9 Å². The summed E-state index contributed by atoms with van der Waals surface area (Å²) in [5.41, 5.74) is 0.739. The van der Waals surface area contributed by atoms with Crippen LogP contribution in [0.15, 0.2) is 24.3 Å². The predicted molar refractivity (Wildman–Crippen MR) is 52.9 cm³/mol. The van der Waals surface area contributed by atoms with Gasteiger partial charge >= 0.3 is 5.97 Å². The van der Waals surface area contributed by atoms with Crippen molar-refractivity contribution in [2.75, 3.05) is 0 Å². The smallest absolute Gasteiger partial charge is 0.309 e. The van der Waals surface area contributed by atoms with Gasteiger partial charge in [-0.25, -0.2) is 0 Å². The maximum absolute atomic E-state index is 10.8. The Balaban J connectivity index is 2.57. The van der Waals surface area contributed by atoms with Crippen molar-refractivity contribution in [3.05, 3.63) is 46.4 Å². The highest BCUT2D eigenvalue weighted by atomic mass is 16.6. The number of hydrogen-bond donors (Lipinski definition) is 0. The normalized spacial score (nSPS) is 9.67. The van der Waals surface area contributed by atoms with E-state index >= 15 is 0 Å². The maximum Gasteiger partial charge on any atom is 0.309 e. The van der Waals surface area contributed by atoms with E-state index in [9.17, 15) is 14.9 Å². The number of nitrogens with zero attached hydrogens (tertiary/aromatic N) is 1. The monoisotopic (exact) mass is 208 g/mol. The van der Waals surface area contributed by atoms with Crippen LogP contribution in [0.25, 0.3) is 0 Å². The van der Waals surface area contributed by atoms with Crippen LogP contribution in [0, 0.1) is 16.5 Å². The molecule has 1 radical (unpaired) electrons. The van der Waals surface area contributed by atoms with Crippen molar-refractivity contribution in [3.63, 3.8) is 0 Å². The van der Waals surface area contributed by atoms with Crippen molar-refractivity contribution in [2.45, 2.75) is 13.5 Å². The molecule has 1 aromatic carbocycles. The molecule has 0 spiro atoms. The van der Waals surface area contributed by atoms with Gasteiger partial charge in [-0.2, -0.15) is 0 Å². The fraction of sp³-hybridized carbons (Fsp3) is 0.200. The SMILES string of the molecule is C[CH]C(=O)OCc1ccc([N+](=O)[O-])cc1. The summed E-state index contributed by atoms with van der Waals surface area (Å²) >= 11 is 0. The highest BCUT2D eigenvalue weighted by Crippen LogP contribution is 2.12. The molecule has 0 N–H and O–H groups in total. The molecule has 0 fully saturated rings.